The van der Waals surface area contributed by atoms with E-state index in [2.05, 4.69) is 27.5 Å². The number of anilines is 4. The molecule has 0 fully saturated rings. The van der Waals surface area contributed by atoms with Gasteiger partial charge in [0.1, 0.15) is 5.82 Å². The molecule has 0 bridgehead atoms. The van der Waals surface area contributed by atoms with Crippen molar-refractivity contribution in [3.8, 4) is 0 Å². The zero-order valence-corrected chi connectivity index (χ0v) is 15.5. The van der Waals surface area contributed by atoms with E-state index >= 15 is 0 Å². The summed E-state index contributed by atoms with van der Waals surface area (Å²) in [6.07, 6.45) is 1.31. The third-order valence-corrected chi connectivity index (χ3v) is 4.68. The van der Waals surface area contributed by atoms with Gasteiger partial charge in [0.15, 0.2) is 5.78 Å². The Kier molecular flexibility index (Phi) is 4.59. The van der Waals surface area contributed by atoms with Crippen molar-refractivity contribution in [2.45, 2.75) is 26.7 Å². The van der Waals surface area contributed by atoms with Crippen molar-refractivity contribution in [2.24, 2.45) is 5.92 Å². The number of nitrogens with one attached hydrogen (secondary N) is 2. The van der Waals surface area contributed by atoms with Crippen molar-refractivity contribution in [2.75, 3.05) is 10.6 Å². The Labute approximate surface area is 158 Å². The van der Waals surface area contributed by atoms with Crippen LogP contribution >= 0.6 is 0 Å². The summed E-state index contributed by atoms with van der Waals surface area (Å²) in [5.74, 6) is 1.46. The highest BCUT2D eigenvalue weighted by molar-refractivity contribution is 6.03. The fourth-order valence-corrected chi connectivity index (χ4v) is 3.34. The molecule has 2 N–H and O–H groups in total. The molecule has 0 aliphatic heterocycles. The van der Waals surface area contributed by atoms with Crippen LogP contribution in [0.15, 0.2) is 54.6 Å². The van der Waals surface area contributed by atoms with Crippen LogP contribution in [0, 0.1) is 12.8 Å². The SMILES string of the molecule is Cc1ccc(Nc2nc3c(c(Nc4ccccc4)n2)C(=O)CC(C)C3)cc1. The number of rotatable bonds is 4. The normalized spacial score (nSPS) is 15.9. The van der Waals surface area contributed by atoms with E-state index in [4.69, 9.17) is 0 Å². The molecule has 1 unspecified atom stereocenters. The molecular weight excluding hydrogens is 336 g/mol. The molecule has 136 valence electrons. The second-order valence-electron chi connectivity index (χ2n) is 7.14. The molecule has 0 saturated heterocycles. The number of fused-ring (bicyclic) bond motifs is 1. The predicted molar refractivity (Wildman–Crippen MR) is 108 cm³/mol. The van der Waals surface area contributed by atoms with E-state index in [1.165, 1.54) is 5.56 Å². The number of carbonyl (C=O) groups is 1. The van der Waals surface area contributed by atoms with Crippen LogP contribution in [0.2, 0.25) is 0 Å². The molecule has 4 rings (SSSR count). The quantitative estimate of drug-likeness (QED) is 0.684. The summed E-state index contributed by atoms with van der Waals surface area (Å²) >= 11 is 0. The van der Waals surface area contributed by atoms with Gasteiger partial charge in [0.2, 0.25) is 5.95 Å². The summed E-state index contributed by atoms with van der Waals surface area (Å²) in [5.41, 5.74) is 4.43. The van der Waals surface area contributed by atoms with Crippen LogP contribution in [0.25, 0.3) is 0 Å². The largest absolute Gasteiger partial charge is 0.339 e. The average Bonchev–Trinajstić information content (AvgIpc) is 2.64. The molecule has 1 aliphatic rings. The number of hydrogen-bond donors (Lipinski definition) is 2. The minimum Gasteiger partial charge on any atom is -0.339 e. The number of aromatic nitrogens is 2. The van der Waals surface area contributed by atoms with Crippen molar-refractivity contribution in [1.82, 2.24) is 9.97 Å². The predicted octanol–water partition coefficient (Wildman–Crippen LogP) is 5.04. The smallest absolute Gasteiger partial charge is 0.229 e. The molecule has 1 atom stereocenters. The van der Waals surface area contributed by atoms with Crippen LogP contribution in [0.3, 0.4) is 0 Å². The summed E-state index contributed by atoms with van der Waals surface area (Å²) < 4.78 is 0. The van der Waals surface area contributed by atoms with Gasteiger partial charge in [0.05, 0.1) is 11.3 Å². The van der Waals surface area contributed by atoms with Gasteiger partial charge in [0, 0.05) is 17.8 Å². The number of benzene rings is 2. The van der Waals surface area contributed by atoms with Gasteiger partial charge in [-0.15, -0.1) is 0 Å². The van der Waals surface area contributed by atoms with Gasteiger partial charge in [-0.2, -0.15) is 4.98 Å². The van der Waals surface area contributed by atoms with Crippen molar-refractivity contribution >= 4 is 28.9 Å². The number of Topliss-reactive ketones (excluding diaryl/α,β-unsaturated/α-hetero) is 1. The number of aryl methyl sites for hydroxylation is 1. The molecule has 27 heavy (non-hydrogen) atoms. The fraction of sp³-hybridized carbons (Fsp3) is 0.227. The lowest BCUT2D eigenvalue weighted by atomic mass is 9.87. The first-order valence-electron chi connectivity index (χ1n) is 9.18. The highest BCUT2D eigenvalue weighted by Gasteiger charge is 2.28. The van der Waals surface area contributed by atoms with Gasteiger partial charge >= 0.3 is 0 Å². The van der Waals surface area contributed by atoms with Crippen LogP contribution in [0.5, 0.6) is 0 Å². The molecular formula is C22H22N4O. The van der Waals surface area contributed by atoms with E-state index in [9.17, 15) is 4.79 Å². The number of hydrogen-bond acceptors (Lipinski definition) is 5. The Balaban J connectivity index is 1.74. The molecule has 0 spiro atoms. The van der Waals surface area contributed by atoms with E-state index in [-0.39, 0.29) is 11.7 Å². The molecule has 5 heteroatoms. The van der Waals surface area contributed by atoms with Crippen LogP contribution in [0.4, 0.5) is 23.1 Å². The number of nitrogens with zero attached hydrogens (tertiary/aromatic N) is 2. The summed E-state index contributed by atoms with van der Waals surface area (Å²) in [7, 11) is 0. The van der Waals surface area contributed by atoms with Crippen LogP contribution in [-0.4, -0.2) is 15.8 Å². The number of ketones is 1. The summed E-state index contributed by atoms with van der Waals surface area (Å²) in [6, 6.07) is 17.8. The topological polar surface area (TPSA) is 66.9 Å². The second-order valence-corrected chi connectivity index (χ2v) is 7.14. The maximum Gasteiger partial charge on any atom is 0.229 e. The van der Waals surface area contributed by atoms with Crippen molar-refractivity contribution < 1.29 is 4.79 Å². The lowest BCUT2D eigenvalue weighted by Crippen LogP contribution is -2.22. The van der Waals surface area contributed by atoms with Gasteiger partial charge in [-0.05, 0) is 43.5 Å². The zero-order chi connectivity index (χ0) is 18.8. The maximum absolute atomic E-state index is 12.7. The third kappa shape index (κ3) is 3.82. The fourth-order valence-electron chi connectivity index (χ4n) is 3.34. The second kappa shape index (κ2) is 7.19. The standard InChI is InChI=1S/C22H22N4O/c1-14-8-10-17(11-9-14)24-22-25-18-12-15(2)13-19(27)20(18)21(26-22)23-16-6-4-3-5-7-16/h3-11,15H,12-13H2,1-2H3,(H2,23,24,25,26). The van der Waals surface area contributed by atoms with Crippen LogP contribution < -0.4 is 10.6 Å². The summed E-state index contributed by atoms with van der Waals surface area (Å²) in [5, 5.41) is 6.56. The van der Waals surface area contributed by atoms with Gasteiger partial charge in [-0.25, -0.2) is 4.98 Å². The molecule has 0 saturated carbocycles. The van der Waals surface area contributed by atoms with E-state index in [0.29, 0.717) is 23.8 Å². The first-order valence-corrected chi connectivity index (χ1v) is 9.18. The van der Waals surface area contributed by atoms with Crippen LogP contribution in [-0.2, 0) is 6.42 Å². The Hall–Kier alpha value is -3.21. The maximum atomic E-state index is 12.7. The summed E-state index contributed by atoms with van der Waals surface area (Å²) in [4.78, 5) is 21.9. The molecule has 1 aliphatic carbocycles. The highest BCUT2D eigenvalue weighted by atomic mass is 16.1. The third-order valence-electron chi connectivity index (χ3n) is 4.68. The zero-order valence-electron chi connectivity index (χ0n) is 15.5. The Morgan fingerprint density at radius 3 is 2.33 bits per heavy atom. The van der Waals surface area contributed by atoms with Crippen LogP contribution in [0.1, 0.15) is 35.0 Å². The molecule has 1 heterocycles. The van der Waals surface area contributed by atoms with E-state index in [0.717, 1.165) is 23.5 Å². The Morgan fingerprint density at radius 2 is 1.59 bits per heavy atom. The van der Waals surface area contributed by atoms with Gasteiger partial charge < -0.3 is 10.6 Å². The van der Waals surface area contributed by atoms with Gasteiger partial charge in [-0.3, -0.25) is 4.79 Å². The lowest BCUT2D eigenvalue weighted by Gasteiger charge is -2.23. The molecule has 5 nitrogen and oxygen atoms in total. The minimum atomic E-state index is 0.101. The molecule has 0 radical (unpaired) electrons. The summed E-state index contributed by atoms with van der Waals surface area (Å²) in [6.45, 7) is 4.13. The molecule has 2 aromatic carbocycles. The van der Waals surface area contributed by atoms with Gasteiger partial charge in [-0.1, -0.05) is 42.8 Å². The van der Waals surface area contributed by atoms with Crippen molar-refractivity contribution in [1.29, 1.82) is 0 Å². The molecule has 1 aromatic heterocycles. The first kappa shape index (κ1) is 17.2. The monoisotopic (exact) mass is 358 g/mol. The van der Waals surface area contributed by atoms with E-state index < -0.39 is 0 Å². The first-order chi connectivity index (χ1) is 13.1. The highest BCUT2D eigenvalue weighted by Crippen LogP contribution is 2.31. The molecule has 0 amide bonds. The Morgan fingerprint density at radius 1 is 0.889 bits per heavy atom. The minimum absolute atomic E-state index is 0.101. The van der Waals surface area contributed by atoms with Gasteiger partial charge in [0.25, 0.3) is 0 Å². The van der Waals surface area contributed by atoms with Crippen molar-refractivity contribution in [3.05, 3.63) is 71.4 Å². The lowest BCUT2D eigenvalue weighted by molar-refractivity contribution is 0.0953. The number of para-hydroxylation sites is 1. The van der Waals surface area contributed by atoms with Crippen molar-refractivity contribution in [3.63, 3.8) is 0 Å². The van der Waals surface area contributed by atoms with E-state index in [1.54, 1.807) is 0 Å². The average molecular weight is 358 g/mol. The van der Waals surface area contributed by atoms with E-state index in [1.807, 2.05) is 61.5 Å². The Bertz CT molecular complexity index is 968. The molecule has 3 aromatic rings. The number of carbonyl (C=O) groups excluding carboxylic acids is 1.